The van der Waals surface area contributed by atoms with Crippen molar-refractivity contribution in [3.63, 3.8) is 0 Å². The van der Waals surface area contributed by atoms with Gasteiger partial charge in [-0.1, -0.05) is 59.3 Å². The van der Waals surface area contributed by atoms with Gasteiger partial charge in [-0.2, -0.15) is 0 Å². The third-order valence-corrected chi connectivity index (χ3v) is 17.1. The predicted octanol–water partition coefficient (Wildman–Crippen LogP) is 2.25. The van der Waals surface area contributed by atoms with E-state index in [0.717, 1.165) is 38.5 Å². The molecule has 7 rings (SSSR count). The quantitative estimate of drug-likeness (QED) is 0.130. The van der Waals surface area contributed by atoms with Crippen molar-refractivity contribution in [2.45, 2.75) is 180 Å². The van der Waals surface area contributed by atoms with Crippen LogP contribution < -0.4 is 0 Å². The fourth-order valence-corrected chi connectivity index (χ4v) is 13.2. The third kappa shape index (κ3) is 6.70. The predicted molar refractivity (Wildman–Crippen MR) is 208 cm³/mol. The Balaban J connectivity index is 1.13. The van der Waals surface area contributed by atoms with Crippen LogP contribution in [0.1, 0.15) is 107 Å². The SMILES string of the molecule is CC(=O)OC[C@H]1O[C@@H](O[C@H]2[C@@H](O)[C@@H](C)O[C@@H](O[C@H]3CC[C@@]4(C)[C@@H](CC[C@]5(C)[C@@H]4C=CC4=C6CC(C)(C)CC[C@]6(CO)[C@H](O)C[C@]45C)[C@]3(C)CO)[C@@H]2O)[C@H](O)[C@@H](O)[C@@H]1O. The zero-order valence-electron chi connectivity index (χ0n) is 35.5. The Morgan fingerprint density at radius 3 is 2.16 bits per heavy atom. The van der Waals surface area contributed by atoms with Gasteiger partial charge in [-0.05, 0) is 91.9 Å². The summed E-state index contributed by atoms with van der Waals surface area (Å²) in [6, 6.07) is 0. The van der Waals surface area contributed by atoms with Crippen molar-refractivity contribution in [3.05, 3.63) is 23.3 Å². The number of rotatable bonds is 8. The first-order valence-corrected chi connectivity index (χ1v) is 21.5. The highest BCUT2D eigenvalue weighted by molar-refractivity contribution is 5.65. The van der Waals surface area contributed by atoms with E-state index < -0.39 is 97.0 Å². The van der Waals surface area contributed by atoms with Crippen LogP contribution in [0, 0.1) is 44.3 Å². The normalized spacial score (nSPS) is 52.6. The Kier molecular flexibility index (Phi) is 11.8. The topological polar surface area (TPSA) is 225 Å². The standard InChI is InChI=1S/C44H70O14/c1-22-31(49)36(58-37-34(52)33(51)32(50)26(56-37)19-54-23(2)47)35(53)38(55-22)57-30-12-13-40(5)27(41(30,6)20-45)11-14-42(7)28(40)10-9-24-25-17-39(3,4)15-16-44(25,21-46)29(48)18-43(24,42)8/h9-10,22,26-38,45-46,48-53H,11-21H2,1-8H3/t22-,26-,27-,28-,29-,30+,31+,32-,33+,34-,35-,36+,37+,38+,40+,41+,42-,43-,44-/m1/s1. The first-order valence-electron chi connectivity index (χ1n) is 21.5. The second-order valence-corrected chi connectivity index (χ2v) is 20.9. The second-order valence-electron chi connectivity index (χ2n) is 20.9. The van der Waals surface area contributed by atoms with Crippen LogP contribution in [0.5, 0.6) is 0 Å². The van der Waals surface area contributed by atoms with E-state index in [1.54, 1.807) is 6.92 Å². The number of carbonyl (C=O) groups is 1. The molecule has 2 heterocycles. The number of esters is 1. The molecular weight excluding hydrogens is 752 g/mol. The van der Waals surface area contributed by atoms with Crippen molar-refractivity contribution >= 4 is 5.97 Å². The molecule has 3 saturated carbocycles. The summed E-state index contributed by atoms with van der Waals surface area (Å²) < 4.78 is 29.3. The molecule has 0 spiro atoms. The van der Waals surface area contributed by atoms with E-state index in [9.17, 15) is 45.6 Å². The van der Waals surface area contributed by atoms with Crippen molar-refractivity contribution in [2.75, 3.05) is 19.8 Å². The van der Waals surface area contributed by atoms with Crippen LogP contribution in [0.15, 0.2) is 23.3 Å². The average Bonchev–Trinajstić information content (AvgIpc) is 3.16. The second kappa shape index (κ2) is 15.4. The lowest BCUT2D eigenvalue weighted by Gasteiger charge is -2.70. The summed E-state index contributed by atoms with van der Waals surface area (Å²) >= 11 is 0. The summed E-state index contributed by atoms with van der Waals surface area (Å²) in [5, 5.41) is 88.8. The van der Waals surface area contributed by atoms with E-state index in [1.165, 1.54) is 18.1 Å². The van der Waals surface area contributed by atoms with Crippen LogP contribution in [0.2, 0.25) is 0 Å². The van der Waals surface area contributed by atoms with Gasteiger partial charge in [-0.3, -0.25) is 4.79 Å². The molecule has 0 aromatic carbocycles. The average molecular weight is 823 g/mol. The van der Waals surface area contributed by atoms with Gasteiger partial charge in [-0.15, -0.1) is 0 Å². The van der Waals surface area contributed by atoms with Gasteiger partial charge in [-0.25, -0.2) is 0 Å². The summed E-state index contributed by atoms with van der Waals surface area (Å²) in [6.07, 6.45) is -5.02. The fourth-order valence-electron chi connectivity index (χ4n) is 13.2. The number of hydrogen-bond donors (Lipinski definition) is 8. The molecule has 2 saturated heterocycles. The van der Waals surface area contributed by atoms with Gasteiger partial charge in [0.1, 0.15) is 49.3 Å². The Hall–Kier alpha value is -1.53. The molecule has 7 aliphatic rings. The van der Waals surface area contributed by atoms with E-state index in [4.69, 9.17) is 23.7 Å². The molecule has 0 aromatic rings. The van der Waals surface area contributed by atoms with Gasteiger partial charge in [0.15, 0.2) is 12.6 Å². The van der Waals surface area contributed by atoms with E-state index in [1.807, 2.05) is 6.92 Å². The molecule has 14 heteroatoms. The van der Waals surface area contributed by atoms with E-state index in [2.05, 4.69) is 46.8 Å². The van der Waals surface area contributed by atoms with Crippen molar-refractivity contribution in [1.82, 2.24) is 0 Å². The molecule has 0 amide bonds. The Morgan fingerprint density at radius 2 is 1.50 bits per heavy atom. The van der Waals surface area contributed by atoms with Crippen molar-refractivity contribution < 1.29 is 69.3 Å². The third-order valence-electron chi connectivity index (χ3n) is 17.1. The summed E-state index contributed by atoms with van der Waals surface area (Å²) in [5.41, 5.74) is 0.393. The molecule has 2 aliphatic heterocycles. The Morgan fingerprint density at radius 1 is 0.810 bits per heavy atom. The number of carbonyl (C=O) groups excluding carboxylic acids is 1. The van der Waals surface area contributed by atoms with Gasteiger partial charge in [0, 0.05) is 23.2 Å². The Labute approximate surface area is 342 Å². The lowest BCUT2D eigenvalue weighted by Crippen LogP contribution is -2.67. The minimum absolute atomic E-state index is 0.00610. The maximum atomic E-state index is 12.0. The number of aliphatic hydroxyl groups is 8. The maximum Gasteiger partial charge on any atom is 0.302 e. The monoisotopic (exact) mass is 822 g/mol. The van der Waals surface area contributed by atoms with Gasteiger partial charge >= 0.3 is 5.97 Å². The molecule has 19 atom stereocenters. The molecule has 0 unspecified atom stereocenters. The Bertz CT molecular complexity index is 1620. The molecule has 14 nitrogen and oxygen atoms in total. The molecule has 5 fully saturated rings. The first kappa shape index (κ1) is 44.5. The van der Waals surface area contributed by atoms with Crippen LogP contribution in [0.4, 0.5) is 0 Å². The van der Waals surface area contributed by atoms with Gasteiger partial charge in [0.25, 0.3) is 0 Å². The van der Waals surface area contributed by atoms with Crippen LogP contribution >= 0.6 is 0 Å². The number of fused-ring (bicyclic) bond motifs is 6. The molecule has 0 aromatic heterocycles. The fraction of sp³-hybridized carbons (Fsp3) is 0.886. The van der Waals surface area contributed by atoms with Crippen LogP contribution in [0.3, 0.4) is 0 Å². The van der Waals surface area contributed by atoms with Crippen LogP contribution in [0.25, 0.3) is 0 Å². The molecule has 5 aliphatic carbocycles. The lowest BCUT2D eigenvalue weighted by molar-refractivity contribution is -0.367. The van der Waals surface area contributed by atoms with E-state index >= 15 is 0 Å². The summed E-state index contributed by atoms with van der Waals surface area (Å²) in [6.45, 7) is 15.7. The lowest BCUT2D eigenvalue weighted by atomic mass is 9.35. The minimum Gasteiger partial charge on any atom is -0.463 e. The summed E-state index contributed by atoms with van der Waals surface area (Å²) in [7, 11) is 0. The number of allylic oxidation sites excluding steroid dienone is 3. The molecule has 0 radical (unpaired) electrons. The molecular formula is C44H70O14. The zero-order valence-corrected chi connectivity index (χ0v) is 35.5. The van der Waals surface area contributed by atoms with Crippen molar-refractivity contribution in [1.29, 1.82) is 0 Å². The van der Waals surface area contributed by atoms with E-state index in [0.29, 0.717) is 12.8 Å². The number of ether oxygens (including phenoxy) is 5. The smallest absolute Gasteiger partial charge is 0.302 e. The summed E-state index contributed by atoms with van der Waals surface area (Å²) in [4.78, 5) is 11.4. The van der Waals surface area contributed by atoms with Gasteiger partial charge in [0.2, 0.25) is 0 Å². The highest BCUT2D eigenvalue weighted by Gasteiger charge is 2.69. The highest BCUT2D eigenvalue weighted by atomic mass is 16.7. The van der Waals surface area contributed by atoms with Crippen LogP contribution in [-0.2, 0) is 28.5 Å². The first-order chi connectivity index (χ1) is 27.0. The van der Waals surface area contributed by atoms with E-state index in [-0.39, 0.29) is 46.7 Å². The van der Waals surface area contributed by atoms with Crippen molar-refractivity contribution in [3.8, 4) is 0 Å². The molecule has 8 N–H and O–H groups in total. The number of hydrogen-bond acceptors (Lipinski definition) is 14. The maximum absolute atomic E-state index is 12.0. The molecule has 330 valence electrons. The number of aliphatic hydroxyl groups excluding tert-OH is 8. The minimum atomic E-state index is -1.77. The van der Waals surface area contributed by atoms with Crippen molar-refractivity contribution in [2.24, 2.45) is 44.3 Å². The molecule has 0 bridgehead atoms. The highest BCUT2D eigenvalue weighted by Crippen LogP contribution is 2.74. The zero-order chi connectivity index (χ0) is 42.5. The van der Waals surface area contributed by atoms with Gasteiger partial charge < -0.3 is 64.5 Å². The van der Waals surface area contributed by atoms with Gasteiger partial charge in [0.05, 0.1) is 31.5 Å². The molecule has 58 heavy (non-hydrogen) atoms. The largest absolute Gasteiger partial charge is 0.463 e. The van der Waals surface area contributed by atoms with Crippen LogP contribution in [-0.4, -0.2) is 140 Å². The summed E-state index contributed by atoms with van der Waals surface area (Å²) in [5.74, 6) is -0.515.